The Bertz CT molecular complexity index is 302. The molecule has 0 saturated carbocycles. The van der Waals surface area contributed by atoms with Crippen LogP contribution in [0.25, 0.3) is 0 Å². The molecule has 2 N–H and O–H groups in total. The molecule has 6 heteroatoms. The van der Waals surface area contributed by atoms with Gasteiger partial charge in [0.05, 0.1) is 6.10 Å². The number of hydrogen-bond donors (Lipinski definition) is 2. The van der Waals surface area contributed by atoms with Crippen molar-refractivity contribution >= 4 is 12.0 Å². The summed E-state index contributed by atoms with van der Waals surface area (Å²) in [4.78, 5) is 24.1. The molecule has 1 aliphatic heterocycles. The molecule has 1 fully saturated rings. The lowest BCUT2D eigenvalue weighted by molar-refractivity contribution is -0.145. The molecule has 0 atom stereocenters. The summed E-state index contributed by atoms with van der Waals surface area (Å²) in [6.45, 7) is 3.90. The lowest BCUT2D eigenvalue weighted by Gasteiger charge is -2.31. The van der Waals surface area contributed by atoms with E-state index in [-0.39, 0.29) is 18.7 Å². The highest BCUT2D eigenvalue weighted by atomic mass is 16.5. The highest BCUT2D eigenvalue weighted by Gasteiger charge is 2.23. The minimum Gasteiger partial charge on any atom is -0.480 e. The standard InChI is InChI=1S/C14H26N2O4/c1-2-3-4-5-8-15-14(19)16-9-6-12(7-10-16)20-11-13(17)18/h12H,2-11H2,1H3,(H,15,19)(H,17,18). The van der Waals surface area contributed by atoms with Crippen molar-refractivity contribution in [2.45, 2.75) is 51.6 Å². The van der Waals surface area contributed by atoms with Crippen molar-refractivity contribution in [2.24, 2.45) is 0 Å². The molecule has 0 aromatic heterocycles. The van der Waals surface area contributed by atoms with E-state index in [2.05, 4.69) is 12.2 Å². The molecular formula is C14H26N2O4. The van der Waals surface area contributed by atoms with Crippen LogP contribution in [0.3, 0.4) is 0 Å². The van der Waals surface area contributed by atoms with Crippen LogP contribution >= 0.6 is 0 Å². The van der Waals surface area contributed by atoms with Crippen LogP contribution in [-0.2, 0) is 9.53 Å². The quantitative estimate of drug-likeness (QED) is 0.667. The van der Waals surface area contributed by atoms with Crippen molar-refractivity contribution in [3.63, 3.8) is 0 Å². The predicted octanol–water partition coefficient (Wildman–Crippen LogP) is 1.84. The number of amides is 2. The predicted molar refractivity (Wildman–Crippen MR) is 75.7 cm³/mol. The van der Waals surface area contributed by atoms with Crippen LogP contribution < -0.4 is 5.32 Å². The summed E-state index contributed by atoms with van der Waals surface area (Å²) in [6.07, 6.45) is 5.95. The number of piperidine rings is 1. The summed E-state index contributed by atoms with van der Waals surface area (Å²) in [5.41, 5.74) is 0. The van der Waals surface area contributed by atoms with Gasteiger partial charge in [0.1, 0.15) is 6.61 Å². The molecule has 1 rings (SSSR count). The maximum Gasteiger partial charge on any atom is 0.329 e. The Morgan fingerprint density at radius 3 is 2.55 bits per heavy atom. The summed E-state index contributed by atoms with van der Waals surface area (Å²) < 4.78 is 5.24. The number of unbranched alkanes of at least 4 members (excludes halogenated alkanes) is 3. The first-order valence-electron chi connectivity index (χ1n) is 7.49. The molecule has 0 radical (unpaired) electrons. The molecule has 0 aromatic rings. The number of carboxylic acid groups (broad SMARTS) is 1. The van der Waals surface area contributed by atoms with Crippen molar-refractivity contribution in [3.05, 3.63) is 0 Å². The van der Waals surface area contributed by atoms with Crippen LogP contribution in [0, 0.1) is 0 Å². The molecule has 20 heavy (non-hydrogen) atoms. The third kappa shape index (κ3) is 6.75. The molecular weight excluding hydrogens is 260 g/mol. The number of ether oxygens (including phenoxy) is 1. The highest BCUT2D eigenvalue weighted by Crippen LogP contribution is 2.13. The zero-order chi connectivity index (χ0) is 14.8. The van der Waals surface area contributed by atoms with Gasteiger partial charge in [-0.25, -0.2) is 9.59 Å². The molecule has 1 heterocycles. The largest absolute Gasteiger partial charge is 0.480 e. The number of carboxylic acids is 1. The number of carbonyl (C=O) groups excluding carboxylic acids is 1. The lowest BCUT2D eigenvalue weighted by Crippen LogP contribution is -2.46. The van der Waals surface area contributed by atoms with Gasteiger partial charge in [0, 0.05) is 19.6 Å². The number of aliphatic carboxylic acids is 1. The van der Waals surface area contributed by atoms with Gasteiger partial charge in [0.15, 0.2) is 0 Å². The molecule has 116 valence electrons. The van der Waals surface area contributed by atoms with Crippen LogP contribution in [0.4, 0.5) is 4.79 Å². The van der Waals surface area contributed by atoms with E-state index >= 15 is 0 Å². The van der Waals surface area contributed by atoms with Gasteiger partial charge >= 0.3 is 12.0 Å². The second-order valence-corrected chi connectivity index (χ2v) is 5.18. The van der Waals surface area contributed by atoms with E-state index < -0.39 is 5.97 Å². The maximum atomic E-state index is 11.9. The average Bonchev–Trinajstić information content (AvgIpc) is 2.45. The second-order valence-electron chi connectivity index (χ2n) is 5.18. The fraction of sp³-hybridized carbons (Fsp3) is 0.857. The summed E-state index contributed by atoms with van der Waals surface area (Å²) in [5.74, 6) is -0.947. The lowest BCUT2D eigenvalue weighted by atomic mass is 10.1. The first-order chi connectivity index (χ1) is 9.63. The van der Waals surface area contributed by atoms with Crippen LogP contribution in [0.15, 0.2) is 0 Å². The third-order valence-electron chi connectivity index (χ3n) is 3.48. The Kier molecular flexibility index (Phi) is 8.02. The zero-order valence-electron chi connectivity index (χ0n) is 12.3. The van der Waals surface area contributed by atoms with Crippen molar-refractivity contribution < 1.29 is 19.4 Å². The van der Waals surface area contributed by atoms with Gasteiger partial charge in [-0.1, -0.05) is 26.2 Å². The van der Waals surface area contributed by atoms with Gasteiger partial charge in [0.25, 0.3) is 0 Å². The molecule has 0 aromatic carbocycles. The van der Waals surface area contributed by atoms with Gasteiger partial charge < -0.3 is 20.1 Å². The number of hydrogen-bond acceptors (Lipinski definition) is 3. The molecule has 2 amide bonds. The molecule has 0 bridgehead atoms. The molecule has 0 unspecified atom stereocenters. The summed E-state index contributed by atoms with van der Waals surface area (Å²) >= 11 is 0. The van der Waals surface area contributed by atoms with Crippen molar-refractivity contribution in [2.75, 3.05) is 26.2 Å². The van der Waals surface area contributed by atoms with Gasteiger partial charge in [-0.3, -0.25) is 0 Å². The van der Waals surface area contributed by atoms with Gasteiger partial charge in [-0.15, -0.1) is 0 Å². The van der Waals surface area contributed by atoms with E-state index in [0.29, 0.717) is 25.9 Å². The van der Waals surface area contributed by atoms with E-state index in [9.17, 15) is 9.59 Å². The van der Waals surface area contributed by atoms with Crippen LogP contribution in [0.1, 0.15) is 45.4 Å². The van der Waals surface area contributed by atoms with Crippen LogP contribution in [-0.4, -0.2) is 54.4 Å². The van der Waals surface area contributed by atoms with Gasteiger partial charge in [0.2, 0.25) is 0 Å². The first-order valence-corrected chi connectivity index (χ1v) is 7.49. The topological polar surface area (TPSA) is 78.9 Å². The number of nitrogens with one attached hydrogen (secondary N) is 1. The minimum absolute atomic E-state index is 0.0156. The number of urea groups is 1. The van der Waals surface area contributed by atoms with Gasteiger partial charge in [-0.05, 0) is 19.3 Å². The first kappa shape index (κ1) is 16.8. The summed E-state index contributed by atoms with van der Waals surface area (Å²) in [7, 11) is 0. The van der Waals surface area contributed by atoms with Gasteiger partial charge in [-0.2, -0.15) is 0 Å². The SMILES string of the molecule is CCCCCCNC(=O)N1CCC(OCC(=O)O)CC1. The summed E-state index contributed by atoms with van der Waals surface area (Å²) in [6, 6.07) is -0.0156. The normalized spacial score (nSPS) is 16.1. The van der Waals surface area contributed by atoms with E-state index in [1.807, 2.05) is 0 Å². The fourth-order valence-electron chi connectivity index (χ4n) is 2.27. The monoisotopic (exact) mass is 286 g/mol. The smallest absolute Gasteiger partial charge is 0.329 e. The van der Waals surface area contributed by atoms with E-state index in [1.165, 1.54) is 12.8 Å². The van der Waals surface area contributed by atoms with Crippen molar-refractivity contribution in [1.82, 2.24) is 10.2 Å². The van der Waals surface area contributed by atoms with Crippen LogP contribution in [0.2, 0.25) is 0 Å². The molecule has 1 aliphatic rings. The van der Waals surface area contributed by atoms with E-state index in [1.54, 1.807) is 4.90 Å². The van der Waals surface area contributed by atoms with Crippen LogP contribution in [0.5, 0.6) is 0 Å². The average molecular weight is 286 g/mol. The van der Waals surface area contributed by atoms with Crippen molar-refractivity contribution in [3.8, 4) is 0 Å². The number of nitrogens with zero attached hydrogens (tertiary/aromatic N) is 1. The number of carbonyl (C=O) groups is 2. The number of likely N-dealkylation sites (tertiary alicyclic amines) is 1. The summed E-state index contributed by atoms with van der Waals surface area (Å²) in [5, 5.41) is 11.5. The Morgan fingerprint density at radius 1 is 1.25 bits per heavy atom. The van der Waals surface area contributed by atoms with E-state index in [4.69, 9.17) is 9.84 Å². The Morgan fingerprint density at radius 2 is 1.95 bits per heavy atom. The Hall–Kier alpha value is -1.30. The third-order valence-corrected chi connectivity index (χ3v) is 3.48. The van der Waals surface area contributed by atoms with E-state index in [0.717, 1.165) is 19.4 Å². The van der Waals surface area contributed by atoms with Crippen molar-refractivity contribution in [1.29, 1.82) is 0 Å². The second kappa shape index (κ2) is 9.58. The Balaban J connectivity index is 2.11. The fourth-order valence-corrected chi connectivity index (χ4v) is 2.27. The molecule has 6 nitrogen and oxygen atoms in total. The zero-order valence-corrected chi connectivity index (χ0v) is 12.3. The maximum absolute atomic E-state index is 11.9. The Labute approximate surface area is 120 Å². The number of rotatable bonds is 8. The molecule has 0 spiro atoms. The molecule has 1 saturated heterocycles. The molecule has 0 aliphatic carbocycles. The minimum atomic E-state index is -0.947. The highest BCUT2D eigenvalue weighted by molar-refractivity contribution is 5.74.